The average Bonchev–Trinajstić information content (AvgIpc) is 3.46. The molecule has 3 saturated heterocycles. The van der Waals surface area contributed by atoms with E-state index in [0.717, 1.165) is 63.4 Å². The first-order chi connectivity index (χ1) is 16.6. The average molecular weight is 458 g/mol. The van der Waals surface area contributed by atoms with Gasteiger partial charge in [-0.05, 0) is 72.7 Å². The Balaban J connectivity index is 1.22. The predicted octanol–water partition coefficient (Wildman–Crippen LogP) is 3.77. The summed E-state index contributed by atoms with van der Waals surface area (Å²) in [4.78, 5) is 25.2. The minimum absolute atomic E-state index is 0.190. The molecule has 1 spiro atoms. The lowest BCUT2D eigenvalue weighted by Gasteiger charge is -2.55. The SMILES string of the molecule is Cc1c[nH]c2ncc(-c3cc4c(c([C@@H]5CCCN5)c3)CN(C(=O)N3CC5(COC5)C3)CC4)cc12. The van der Waals surface area contributed by atoms with E-state index < -0.39 is 0 Å². The van der Waals surface area contributed by atoms with Crippen LogP contribution in [0.15, 0.2) is 30.6 Å². The van der Waals surface area contributed by atoms with E-state index in [0.29, 0.717) is 12.6 Å². The molecule has 4 aliphatic rings. The van der Waals surface area contributed by atoms with Crippen LogP contribution in [-0.2, 0) is 17.7 Å². The summed E-state index contributed by atoms with van der Waals surface area (Å²) in [6.45, 7) is 7.97. The van der Waals surface area contributed by atoms with Crippen molar-refractivity contribution in [3.63, 3.8) is 0 Å². The lowest BCUT2D eigenvalue weighted by molar-refractivity contribution is -0.177. The van der Waals surface area contributed by atoms with Gasteiger partial charge in [0.05, 0.1) is 18.6 Å². The number of urea groups is 1. The van der Waals surface area contributed by atoms with E-state index in [1.54, 1.807) is 0 Å². The van der Waals surface area contributed by atoms with E-state index in [9.17, 15) is 4.79 Å². The van der Waals surface area contributed by atoms with Gasteiger partial charge in [-0.25, -0.2) is 9.78 Å². The van der Waals surface area contributed by atoms with Crippen LogP contribution < -0.4 is 5.32 Å². The summed E-state index contributed by atoms with van der Waals surface area (Å²) in [5, 5.41) is 4.88. The number of pyridine rings is 1. The largest absolute Gasteiger partial charge is 0.380 e. The van der Waals surface area contributed by atoms with E-state index >= 15 is 0 Å². The van der Waals surface area contributed by atoms with E-state index in [2.05, 4.69) is 45.3 Å². The third-order valence-corrected chi connectivity index (χ3v) is 8.29. The number of ether oxygens (including phenoxy) is 1. The lowest BCUT2D eigenvalue weighted by Crippen LogP contribution is -2.68. The Hall–Kier alpha value is -2.90. The maximum atomic E-state index is 13.3. The highest BCUT2D eigenvalue weighted by Gasteiger charge is 2.51. The molecule has 7 heteroatoms. The van der Waals surface area contributed by atoms with Gasteiger partial charge in [0.25, 0.3) is 0 Å². The van der Waals surface area contributed by atoms with Crippen molar-refractivity contribution >= 4 is 17.1 Å². The van der Waals surface area contributed by atoms with Gasteiger partial charge in [-0.15, -0.1) is 0 Å². The van der Waals surface area contributed by atoms with Crippen molar-refractivity contribution in [2.45, 2.75) is 38.8 Å². The molecule has 7 rings (SSSR count). The van der Waals surface area contributed by atoms with Crippen LogP contribution in [-0.4, -0.2) is 65.2 Å². The number of H-pyrrole nitrogens is 1. The van der Waals surface area contributed by atoms with Crippen molar-refractivity contribution in [3.8, 4) is 11.1 Å². The molecule has 176 valence electrons. The van der Waals surface area contributed by atoms with Crippen molar-refractivity contribution in [2.24, 2.45) is 5.41 Å². The number of nitrogens with one attached hydrogen (secondary N) is 2. The first-order valence-corrected chi connectivity index (χ1v) is 12.5. The van der Waals surface area contributed by atoms with Crippen LogP contribution in [0.25, 0.3) is 22.2 Å². The topological polar surface area (TPSA) is 73.5 Å². The minimum atomic E-state index is 0.190. The third-order valence-electron chi connectivity index (χ3n) is 8.29. The zero-order valence-corrected chi connectivity index (χ0v) is 19.7. The fourth-order valence-corrected chi connectivity index (χ4v) is 6.25. The van der Waals surface area contributed by atoms with Crippen LogP contribution in [0.4, 0.5) is 4.79 Å². The smallest absolute Gasteiger partial charge is 0.320 e. The van der Waals surface area contributed by atoms with Crippen molar-refractivity contribution in [3.05, 3.63) is 52.8 Å². The Bertz CT molecular complexity index is 1280. The Kier molecular flexibility index (Phi) is 4.55. The number of benzene rings is 1. The second kappa shape index (κ2) is 7.55. The zero-order valence-electron chi connectivity index (χ0n) is 19.7. The van der Waals surface area contributed by atoms with Crippen molar-refractivity contribution in [1.82, 2.24) is 25.1 Å². The van der Waals surface area contributed by atoms with Crippen LogP contribution in [0.3, 0.4) is 0 Å². The van der Waals surface area contributed by atoms with Crippen LogP contribution >= 0.6 is 0 Å². The highest BCUT2D eigenvalue weighted by molar-refractivity contribution is 5.85. The van der Waals surface area contributed by atoms with Crippen molar-refractivity contribution in [2.75, 3.05) is 39.4 Å². The number of rotatable bonds is 2. The summed E-state index contributed by atoms with van der Waals surface area (Å²) in [6.07, 6.45) is 7.24. The molecule has 0 radical (unpaired) electrons. The Labute approximate surface area is 199 Å². The van der Waals surface area contributed by atoms with Crippen LogP contribution in [0, 0.1) is 12.3 Å². The molecule has 2 N–H and O–H groups in total. The summed E-state index contributed by atoms with van der Waals surface area (Å²) < 4.78 is 5.38. The normalized spacial score (nSPS) is 23.1. The molecule has 1 atom stereocenters. The van der Waals surface area contributed by atoms with Crippen LogP contribution in [0.1, 0.15) is 41.1 Å². The molecule has 2 amide bonds. The second-order valence-electron chi connectivity index (χ2n) is 10.7. The number of carbonyl (C=O) groups excluding carboxylic acids is 1. The molecule has 0 aliphatic carbocycles. The predicted molar refractivity (Wildman–Crippen MR) is 131 cm³/mol. The highest BCUT2D eigenvalue weighted by Crippen LogP contribution is 2.40. The van der Waals surface area contributed by atoms with E-state index in [4.69, 9.17) is 4.74 Å². The summed E-state index contributed by atoms with van der Waals surface area (Å²) in [6, 6.07) is 7.49. The number of aryl methyl sites for hydroxylation is 1. The van der Waals surface area contributed by atoms with Gasteiger partial charge >= 0.3 is 6.03 Å². The van der Waals surface area contributed by atoms with Crippen LogP contribution in [0.5, 0.6) is 0 Å². The molecule has 3 aromatic rings. The molecular formula is C27H31N5O2. The quantitative estimate of drug-likeness (QED) is 0.614. The van der Waals surface area contributed by atoms with Gasteiger partial charge < -0.3 is 24.8 Å². The first kappa shape index (κ1) is 20.5. The lowest BCUT2D eigenvalue weighted by atomic mass is 9.78. The number of hydrogen-bond acceptors (Lipinski definition) is 4. The van der Waals surface area contributed by atoms with E-state index in [-0.39, 0.29) is 11.4 Å². The number of fused-ring (bicyclic) bond motifs is 2. The van der Waals surface area contributed by atoms with Gasteiger partial charge in [0.1, 0.15) is 5.65 Å². The van der Waals surface area contributed by atoms with E-state index in [1.807, 2.05) is 17.3 Å². The number of carbonyl (C=O) groups is 1. The molecular weight excluding hydrogens is 426 g/mol. The van der Waals surface area contributed by atoms with Gasteiger partial charge in [0.2, 0.25) is 0 Å². The first-order valence-electron chi connectivity index (χ1n) is 12.5. The highest BCUT2D eigenvalue weighted by atomic mass is 16.5. The Morgan fingerprint density at radius 2 is 2.06 bits per heavy atom. The molecule has 6 heterocycles. The van der Waals surface area contributed by atoms with Crippen molar-refractivity contribution in [1.29, 1.82) is 0 Å². The van der Waals surface area contributed by atoms with Gasteiger partial charge in [-0.2, -0.15) is 0 Å². The summed E-state index contributed by atoms with van der Waals surface area (Å²) in [7, 11) is 0. The number of aromatic amines is 1. The molecule has 2 aromatic heterocycles. The molecule has 4 aliphatic heterocycles. The maximum absolute atomic E-state index is 13.3. The van der Waals surface area contributed by atoms with Gasteiger partial charge in [-0.1, -0.05) is 6.07 Å². The fourth-order valence-electron chi connectivity index (χ4n) is 6.25. The number of likely N-dealkylation sites (tertiary alicyclic amines) is 1. The number of nitrogens with zero attached hydrogens (tertiary/aromatic N) is 3. The summed E-state index contributed by atoms with van der Waals surface area (Å²) in [5.41, 5.74) is 8.88. The molecule has 34 heavy (non-hydrogen) atoms. The fraction of sp³-hybridized carbons (Fsp3) is 0.481. The van der Waals surface area contributed by atoms with Crippen LogP contribution in [0.2, 0.25) is 0 Å². The van der Waals surface area contributed by atoms with E-state index in [1.165, 1.54) is 39.6 Å². The number of hydrogen-bond donors (Lipinski definition) is 2. The molecule has 0 unspecified atom stereocenters. The van der Waals surface area contributed by atoms with Crippen molar-refractivity contribution < 1.29 is 9.53 Å². The van der Waals surface area contributed by atoms with Gasteiger partial charge in [0, 0.05) is 55.6 Å². The maximum Gasteiger partial charge on any atom is 0.320 e. The number of amides is 2. The monoisotopic (exact) mass is 457 g/mol. The zero-order chi connectivity index (χ0) is 22.9. The Morgan fingerprint density at radius 1 is 1.18 bits per heavy atom. The summed E-state index contributed by atoms with van der Waals surface area (Å²) >= 11 is 0. The van der Waals surface area contributed by atoms with Gasteiger partial charge in [-0.3, -0.25) is 0 Å². The molecule has 1 aromatic carbocycles. The molecule has 7 nitrogen and oxygen atoms in total. The number of aromatic nitrogens is 2. The molecule has 0 saturated carbocycles. The molecule has 0 bridgehead atoms. The van der Waals surface area contributed by atoms with Gasteiger partial charge in [0.15, 0.2) is 0 Å². The Morgan fingerprint density at radius 3 is 2.82 bits per heavy atom. The third kappa shape index (κ3) is 3.17. The minimum Gasteiger partial charge on any atom is -0.380 e. The summed E-state index contributed by atoms with van der Waals surface area (Å²) in [5.74, 6) is 0. The standard InChI is InChI=1S/C27H31N5O2/c1-17-10-29-25-21(17)9-20(11-30-25)19-7-18-4-6-31(26(33)32-13-27(14-32)15-34-16-27)12-23(18)22(8-19)24-3-2-5-28-24/h7-11,24,28H,2-6,12-16H2,1H3,(H,29,30)/t24-/m0/s1. The molecule has 3 fully saturated rings. The second-order valence-corrected chi connectivity index (χ2v) is 10.7.